The largest absolute Gasteiger partial charge is 0.494 e. The van der Waals surface area contributed by atoms with Crippen LogP contribution < -0.4 is 10.1 Å². The lowest BCUT2D eigenvalue weighted by molar-refractivity contribution is -0.137. The van der Waals surface area contributed by atoms with E-state index in [9.17, 15) is 4.79 Å². The molecule has 5 nitrogen and oxygen atoms in total. The summed E-state index contributed by atoms with van der Waals surface area (Å²) in [6.07, 6.45) is 2.47. The number of anilines is 1. The maximum absolute atomic E-state index is 10.5. The second-order valence-electron chi connectivity index (χ2n) is 4.14. The minimum atomic E-state index is -0.775. The number of rotatable bonds is 6. The molecular weight excluding hydrogens is 244 g/mol. The topological polar surface area (TPSA) is 71.5 Å². The zero-order chi connectivity index (χ0) is 13.7. The van der Waals surface area contributed by atoms with Crippen LogP contribution in [0.1, 0.15) is 12.8 Å². The molecule has 0 saturated carbocycles. The first-order chi connectivity index (χ1) is 9.22. The molecule has 0 saturated heterocycles. The summed E-state index contributed by atoms with van der Waals surface area (Å²) in [5, 5.41) is 12.8. The van der Waals surface area contributed by atoms with Gasteiger partial charge in [-0.2, -0.15) is 0 Å². The number of aromatic nitrogens is 1. The molecule has 0 radical (unpaired) electrons. The predicted molar refractivity (Wildman–Crippen MR) is 73.7 cm³/mol. The van der Waals surface area contributed by atoms with Crippen LogP contribution in [0.15, 0.2) is 30.5 Å². The SMILES string of the molecule is COc1cccc2c(NCCCC(=O)O)ccnc12. The highest BCUT2D eigenvalue weighted by Gasteiger charge is 2.06. The molecule has 1 aromatic carbocycles. The Morgan fingerprint density at radius 3 is 3.00 bits per heavy atom. The van der Waals surface area contributed by atoms with Crippen molar-refractivity contribution in [3.05, 3.63) is 30.5 Å². The van der Waals surface area contributed by atoms with Gasteiger partial charge in [-0.15, -0.1) is 0 Å². The Labute approximate surface area is 111 Å². The number of hydrogen-bond acceptors (Lipinski definition) is 4. The Morgan fingerprint density at radius 1 is 1.42 bits per heavy atom. The Kier molecular flexibility index (Phi) is 4.18. The van der Waals surface area contributed by atoms with E-state index in [2.05, 4.69) is 10.3 Å². The molecule has 100 valence electrons. The first-order valence-electron chi connectivity index (χ1n) is 6.10. The van der Waals surface area contributed by atoms with Crippen LogP contribution in [-0.4, -0.2) is 29.7 Å². The third kappa shape index (κ3) is 3.13. The van der Waals surface area contributed by atoms with Gasteiger partial charge < -0.3 is 15.2 Å². The number of aliphatic carboxylic acids is 1. The van der Waals surface area contributed by atoms with Gasteiger partial charge in [-0.3, -0.25) is 9.78 Å². The van der Waals surface area contributed by atoms with Crippen molar-refractivity contribution < 1.29 is 14.6 Å². The summed E-state index contributed by atoms with van der Waals surface area (Å²) in [5.41, 5.74) is 1.74. The summed E-state index contributed by atoms with van der Waals surface area (Å²) in [4.78, 5) is 14.8. The highest BCUT2D eigenvalue weighted by molar-refractivity contribution is 5.94. The van der Waals surface area contributed by atoms with E-state index in [4.69, 9.17) is 9.84 Å². The highest BCUT2D eigenvalue weighted by Crippen LogP contribution is 2.28. The molecule has 0 atom stereocenters. The monoisotopic (exact) mass is 260 g/mol. The molecule has 1 aromatic heterocycles. The minimum Gasteiger partial charge on any atom is -0.494 e. The Morgan fingerprint density at radius 2 is 2.26 bits per heavy atom. The third-order valence-electron chi connectivity index (χ3n) is 2.84. The summed E-state index contributed by atoms with van der Waals surface area (Å²) in [6, 6.07) is 7.61. The summed E-state index contributed by atoms with van der Waals surface area (Å²) in [5.74, 6) is -0.0465. The molecule has 19 heavy (non-hydrogen) atoms. The average Bonchev–Trinajstić information content (AvgIpc) is 2.42. The summed E-state index contributed by atoms with van der Waals surface area (Å²) in [6.45, 7) is 0.614. The molecule has 0 aliphatic carbocycles. The number of carboxylic acid groups (broad SMARTS) is 1. The van der Waals surface area contributed by atoms with Gasteiger partial charge in [-0.25, -0.2) is 0 Å². The first kappa shape index (κ1) is 13.1. The van der Waals surface area contributed by atoms with Gasteiger partial charge in [-0.1, -0.05) is 12.1 Å². The van der Waals surface area contributed by atoms with Crippen LogP contribution in [0.5, 0.6) is 5.75 Å². The van der Waals surface area contributed by atoms with Crippen molar-refractivity contribution in [3.8, 4) is 5.75 Å². The normalized spacial score (nSPS) is 10.4. The van der Waals surface area contributed by atoms with Crippen molar-refractivity contribution in [2.45, 2.75) is 12.8 Å². The van der Waals surface area contributed by atoms with Crippen LogP contribution in [0.3, 0.4) is 0 Å². The van der Waals surface area contributed by atoms with Crippen LogP contribution in [0, 0.1) is 0 Å². The molecule has 2 N–H and O–H groups in total. The maximum Gasteiger partial charge on any atom is 0.303 e. The van der Waals surface area contributed by atoms with E-state index < -0.39 is 5.97 Å². The van der Waals surface area contributed by atoms with Gasteiger partial charge in [0.15, 0.2) is 0 Å². The molecule has 2 aromatic rings. The second kappa shape index (κ2) is 6.04. The number of benzene rings is 1. The fraction of sp³-hybridized carbons (Fsp3) is 0.286. The number of fused-ring (bicyclic) bond motifs is 1. The molecule has 0 spiro atoms. The lowest BCUT2D eigenvalue weighted by Crippen LogP contribution is -2.05. The molecule has 0 aliphatic rings. The fourth-order valence-electron chi connectivity index (χ4n) is 1.93. The summed E-state index contributed by atoms with van der Waals surface area (Å²) < 4.78 is 5.27. The molecule has 0 bridgehead atoms. The second-order valence-corrected chi connectivity index (χ2v) is 4.14. The van der Waals surface area contributed by atoms with Gasteiger partial charge in [0.1, 0.15) is 11.3 Å². The summed E-state index contributed by atoms with van der Waals surface area (Å²) >= 11 is 0. The van der Waals surface area contributed by atoms with Crippen LogP contribution in [-0.2, 0) is 4.79 Å². The molecule has 1 heterocycles. The van der Waals surface area contributed by atoms with E-state index in [1.165, 1.54) is 0 Å². The summed E-state index contributed by atoms with van der Waals surface area (Å²) in [7, 11) is 1.61. The molecule has 2 rings (SSSR count). The van der Waals surface area contributed by atoms with Gasteiger partial charge >= 0.3 is 5.97 Å². The molecule has 0 aliphatic heterocycles. The Balaban J connectivity index is 2.17. The van der Waals surface area contributed by atoms with Crippen molar-refractivity contribution in [1.29, 1.82) is 0 Å². The van der Waals surface area contributed by atoms with Gasteiger partial charge in [0.2, 0.25) is 0 Å². The van der Waals surface area contributed by atoms with E-state index in [1.807, 2.05) is 24.3 Å². The van der Waals surface area contributed by atoms with E-state index >= 15 is 0 Å². The van der Waals surface area contributed by atoms with E-state index in [1.54, 1.807) is 13.3 Å². The zero-order valence-electron chi connectivity index (χ0n) is 10.7. The molecule has 0 amide bonds. The van der Waals surface area contributed by atoms with Crippen molar-refractivity contribution in [1.82, 2.24) is 4.98 Å². The molecule has 0 unspecified atom stereocenters. The Bertz CT molecular complexity index is 584. The lowest BCUT2D eigenvalue weighted by atomic mass is 10.1. The van der Waals surface area contributed by atoms with Gasteiger partial charge in [0.25, 0.3) is 0 Å². The Hall–Kier alpha value is -2.30. The van der Waals surface area contributed by atoms with Gasteiger partial charge in [0, 0.05) is 30.2 Å². The smallest absolute Gasteiger partial charge is 0.303 e. The first-order valence-corrected chi connectivity index (χ1v) is 6.10. The molecule has 5 heteroatoms. The van der Waals surface area contributed by atoms with Gasteiger partial charge in [-0.05, 0) is 18.6 Å². The number of ether oxygens (including phenoxy) is 1. The van der Waals surface area contributed by atoms with Crippen molar-refractivity contribution >= 4 is 22.6 Å². The van der Waals surface area contributed by atoms with Crippen LogP contribution in [0.2, 0.25) is 0 Å². The van der Waals surface area contributed by atoms with E-state index in [0.717, 1.165) is 22.3 Å². The van der Waals surface area contributed by atoms with Crippen LogP contribution in [0.4, 0.5) is 5.69 Å². The fourth-order valence-corrected chi connectivity index (χ4v) is 1.93. The highest BCUT2D eigenvalue weighted by atomic mass is 16.5. The zero-order valence-corrected chi connectivity index (χ0v) is 10.7. The predicted octanol–water partition coefficient (Wildman–Crippen LogP) is 2.52. The van der Waals surface area contributed by atoms with Crippen LogP contribution in [0.25, 0.3) is 10.9 Å². The molecular formula is C14H16N2O3. The number of carbonyl (C=O) groups is 1. The third-order valence-corrected chi connectivity index (χ3v) is 2.84. The van der Waals surface area contributed by atoms with Crippen LogP contribution >= 0.6 is 0 Å². The number of nitrogens with one attached hydrogen (secondary N) is 1. The quantitative estimate of drug-likeness (QED) is 0.781. The average molecular weight is 260 g/mol. The number of pyridine rings is 1. The van der Waals surface area contributed by atoms with Gasteiger partial charge in [0.05, 0.1) is 7.11 Å². The standard InChI is InChI=1S/C14H16N2O3/c1-19-12-5-2-4-10-11(7-9-16-14(10)12)15-8-3-6-13(17)18/h2,4-5,7,9H,3,6,8H2,1H3,(H,15,16)(H,17,18). The van der Waals surface area contributed by atoms with Crippen molar-refractivity contribution in [2.75, 3.05) is 19.0 Å². The lowest BCUT2D eigenvalue weighted by Gasteiger charge is -2.10. The van der Waals surface area contributed by atoms with E-state index in [-0.39, 0.29) is 6.42 Å². The molecule has 0 fully saturated rings. The number of carboxylic acids is 1. The van der Waals surface area contributed by atoms with Crippen molar-refractivity contribution in [3.63, 3.8) is 0 Å². The number of para-hydroxylation sites is 1. The number of nitrogens with zero attached hydrogens (tertiary/aromatic N) is 1. The van der Waals surface area contributed by atoms with E-state index in [0.29, 0.717) is 13.0 Å². The maximum atomic E-state index is 10.5. The number of hydrogen-bond donors (Lipinski definition) is 2. The van der Waals surface area contributed by atoms with Crippen molar-refractivity contribution in [2.24, 2.45) is 0 Å². The minimum absolute atomic E-state index is 0.166. The number of methoxy groups -OCH3 is 1.